The van der Waals surface area contributed by atoms with Gasteiger partial charge in [-0.25, -0.2) is 9.18 Å². The molecule has 2 aromatic rings. The van der Waals surface area contributed by atoms with Crippen LogP contribution in [-0.4, -0.2) is 51.9 Å². The third kappa shape index (κ3) is 3.56. The lowest BCUT2D eigenvalue weighted by atomic mass is 9.97. The van der Waals surface area contributed by atoms with Crippen LogP contribution >= 0.6 is 0 Å². The number of carbonyl (C=O) groups excluding carboxylic acids is 2. The number of aromatic nitrogens is 1. The van der Waals surface area contributed by atoms with Crippen molar-refractivity contribution in [3.8, 4) is 17.2 Å². The molecule has 1 aliphatic carbocycles. The second-order valence-corrected chi connectivity index (χ2v) is 10.2. The number of halogens is 1. The Balaban J connectivity index is 1.32. The van der Waals surface area contributed by atoms with Gasteiger partial charge in [0.25, 0.3) is 0 Å². The molecule has 0 spiro atoms. The van der Waals surface area contributed by atoms with E-state index in [1.807, 2.05) is 0 Å². The minimum absolute atomic E-state index is 0.0763. The number of ether oxygens (including phenoxy) is 1. The zero-order valence-electron chi connectivity index (χ0n) is 17.8. The van der Waals surface area contributed by atoms with Gasteiger partial charge in [0.2, 0.25) is 5.91 Å². The minimum Gasteiger partial charge on any atom is -0.442 e. The van der Waals surface area contributed by atoms with Gasteiger partial charge in [-0.1, -0.05) is 6.07 Å². The van der Waals surface area contributed by atoms with Crippen molar-refractivity contribution in [3.05, 3.63) is 48.0 Å². The SMILES string of the molecule is CC(=O)NC[C@H]1CN(c2ccc(-c3ccc(C4(C#N)[C@@H]5CS(=O)C[C@@H]54)nc3)c(F)c2)C(=O)O1. The highest BCUT2D eigenvalue weighted by molar-refractivity contribution is 7.85. The summed E-state index contributed by atoms with van der Waals surface area (Å²) in [5, 5.41) is 12.4. The number of carbonyl (C=O) groups is 2. The molecule has 2 aliphatic heterocycles. The minimum atomic E-state index is -0.858. The van der Waals surface area contributed by atoms with Crippen LogP contribution in [0.1, 0.15) is 12.6 Å². The summed E-state index contributed by atoms with van der Waals surface area (Å²) in [7, 11) is -0.858. The quantitative estimate of drug-likeness (QED) is 0.719. The van der Waals surface area contributed by atoms with Crippen molar-refractivity contribution in [2.24, 2.45) is 11.8 Å². The second-order valence-electron chi connectivity index (χ2n) is 8.62. The molecule has 2 unspecified atom stereocenters. The average Bonchev–Trinajstić information content (AvgIpc) is 3.05. The van der Waals surface area contributed by atoms with Crippen molar-refractivity contribution < 1.29 is 22.9 Å². The lowest BCUT2D eigenvalue weighted by Crippen LogP contribution is -2.33. The lowest BCUT2D eigenvalue weighted by Gasteiger charge is -2.15. The highest BCUT2D eigenvalue weighted by Gasteiger charge is 2.70. The number of hydrogen-bond acceptors (Lipinski definition) is 6. The Labute approximate surface area is 192 Å². The smallest absolute Gasteiger partial charge is 0.414 e. The molecule has 170 valence electrons. The van der Waals surface area contributed by atoms with Crippen LogP contribution in [0.2, 0.25) is 0 Å². The molecule has 1 aromatic carbocycles. The van der Waals surface area contributed by atoms with E-state index in [-0.39, 0.29) is 30.8 Å². The van der Waals surface area contributed by atoms with Gasteiger partial charge in [0.05, 0.1) is 30.5 Å². The van der Waals surface area contributed by atoms with E-state index in [0.717, 1.165) is 0 Å². The monoisotopic (exact) mass is 468 g/mol. The van der Waals surface area contributed by atoms with E-state index in [1.54, 1.807) is 30.5 Å². The molecular formula is C23H21FN4O4S. The van der Waals surface area contributed by atoms with Crippen LogP contribution < -0.4 is 10.2 Å². The highest BCUT2D eigenvalue weighted by Crippen LogP contribution is 2.62. The fourth-order valence-electron chi connectivity index (χ4n) is 4.91. The Morgan fingerprint density at radius 2 is 2.12 bits per heavy atom. The standard InChI is InChI=1S/C23H21FN4O4S/c1-13(29)26-8-16-9-28(22(30)32-16)15-3-4-17(20(24)6-15)14-2-5-21(27-7-14)23(12-25)18-10-33(31)11-19(18)23/h2-7,16,18-19H,8-11H2,1H3,(H,26,29)/t16-,18-,19+,23?,33?/m0/s1. The molecule has 2 saturated heterocycles. The van der Waals surface area contributed by atoms with Crippen molar-refractivity contribution in [1.29, 1.82) is 5.26 Å². The highest BCUT2D eigenvalue weighted by atomic mass is 32.2. The van der Waals surface area contributed by atoms with Crippen molar-refractivity contribution in [2.75, 3.05) is 29.5 Å². The molecule has 3 heterocycles. The van der Waals surface area contributed by atoms with Crippen molar-refractivity contribution in [1.82, 2.24) is 10.3 Å². The number of nitriles is 1. The van der Waals surface area contributed by atoms with Gasteiger partial charge in [-0.2, -0.15) is 5.26 Å². The summed E-state index contributed by atoms with van der Waals surface area (Å²) >= 11 is 0. The van der Waals surface area contributed by atoms with Crippen LogP contribution in [0.25, 0.3) is 11.1 Å². The number of rotatable bonds is 5. The predicted octanol–water partition coefficient (Wildman–Crippen LogP) is 2.12. The second kappa shape index (κ2) is 7.92. The van der Waals surface area contributed by atoms with E-state index in [1.165, 1.54) is 17.9 Å². The Hall–Kier alpha value is -3.32. The molecule has 10 heteroatoms. The summed E-state index contributed by atoms with van der Waals surface area (Å²) in [5.74, 6) is 0.471. The van der Waals surface area contributed by atoms with E-state index in [2.05, 4.69) is 16.4 Å². The Kier molecular flexibility index (Phi) is 5.16. The molecule has 3 fully saturated rings. The first-order valence-corrected chi connectivity index (χ1v) is 12.1. The maximum Gasteiger partial charge on any atom is 0.414 e. The first-order chi connectivity index (χ1) is 15.8. The molecule has 0 radical (unpaired) electrons. The molecular weight excluding hydrogens is 447 g/mol. The number of anilines is 1. The van der Waals surface area contributed by atoms with Gasteiger partial charge in [-0.3, -0.25) is 18.9 Å². The normalized spacial score (nSPS) is 29.8. The molecule has 5 rings (SSSR count). The molecule has 3 aliphatic rings. The van der Waals surface area contributed by atoms with Gasteiger partial charge in [-0.05, 0) is 24.3 Å². The molecule has 2 amide bonds. The van der Waals surface area contributed by atoms with E-state index in [4.69, 9.17) is 4.74 Å². The number of nitrogens with zero attached hydrogens (tertiary/aromatic N) is 3. The van der Waals surface area contributed by atoms with Gasteiger partial charge in [0.15, 0.2) is 0 Å². The number of nitrogens with one attached hydrogen (secondary N) is 1. The van der Waals surface area contributed by atoms with Gasteiger partial charge >= 0.3 is 6.09 Å². The molecule has 8 nitrogen and oxygen atoms in total. The summed E-state index contributed by atoms with van der Waals surface area (Å²) in [5.41, 5.74) is 1.20. The van der Waals surface area contributed by atoms with Crippen LogP contribution in [0.3, 0.4) is 0 Å². The summed E-state index contributed by atoms with van der Waals surface area (Å²) in [4.78, 5) is 29.0. The molecule has 33 heavy (non-hydrogen) atoms. The third-order valence-corrected chi connectivity index (χ3v) is 8.14. The number of amides is 2. The number of fused-ring (bicyclic) bond motifs is 1. The van der Waals surface area contributed by atoms with Crippen LogP contribution in [0.5, 0.6) is 0 Å². The van der Waals surface area contributed by atoms with Crippen LogP contribution in [0, 0.1) is 29.0 Å². The van der Waals surface area contributed by atoms with E-state index < -0.39 is 34.2 Å². The Morgan fingerprint density at radius 1 is 1.36 bits per heavy atom. The summed E-state index contributed by atoms with van der Waals surface area (Å²) < 4.78 is 31.9. The Morgan fingerprint density at radius 3 is 2.73 bits per heavy atom. The maximum absolute atomic E-state index is 15.0. The number of benzene rings is 1. The van der Waals surface area contributed by atoms with Crippen LogP contribution in [0.15, 0.2) is 36.5 Å². The number of pyridine rings is 1. The van der Waals surface area contributed by atoms with Gasteiger partial charge in [0, 0.05) is 58.4 Å². The molecule has 5 atom stereocenters. The fraction of sp³-hybridized carbons (Fsp3) is 0.391. The number of hydrogen-bond donors (Lipinski definition) is 1. The largest absolute Gasteiger partial charge is 0.442 e. The van der Waals surface area contributed by atoms with E-state index >= 15 is 0 Å². The average molecular weight is 469 g/mol. The van der Waals surface area contributed by atoms with E-state index in [0.29, 0.717) is 34.0 Å². The molecule has 1 aromatic heterocycles. The van der Waals surface area contributed by atoms with Crippen molar-refractivity contribution in [3.63, 3.8) is 0 Å². The van der Waals surface area contributed by atoms with Crippen LogP contribution in [-0.2, 0) is 25.7 Å². The topological polar surface area (TPSA) is 112 Å². The Bertz CT molecular complexity index is 1200. The summed E-state index contributed by atoms with van der Waals surface area (Å²) in [6, 6.07) is 10.3. The van der Waals surface area contributed by atoms with Gasteiger partial charge in [0.1, 0.15) is 17.3 Å². The van der Waals surface area contributed by atoms with Crippen molar-refractivity contribution in [2.45, 2.75) is 18.4 Å². The zero-order chi connectivity index (χ0) is 23.3. The van der Waals surface area contributed by atoms with E-state index in [9.17, 15) is 23.5 Å². The zero-order valence-corrected chi connectivity index (χ0v) is 18.6. The first kappa shape index (κ1) is 21.5. The third-order valence-electron chi connectivity index (χ3n) is 6.68. The van der Waals surface area contributed by atoms with Crippen LogP contribution in [0.4, 0.5) is 14.9 Å². The van der Waals surface area contributed by atoms with Crippen molar-refractivity contribution >= 4 is 28.5 Å². The maximum atomic E-state index is 15.0. The molecule has 1 N–H and O–H groups in total. The lowest BCUT2D eigenvalue weighted by molar-refractivity contribution is -0.119. The molecule has 1 saturated carbocycles. The summed E-state index contributed by atoms with van der Waals surface area (Å²) in [6.45, 7) is 1.78. The first-order valence-electron chi connectivity index (χ1n) is 10.6. The van der Waals surface area contributed by atoms with Gasteiger partial charge < -0.3 is 10.1 Å². The summed E-state index contributed by atoms with van der Waals surface area (Å²) in [6.07, 6.45) is 0.444. The predicted molar refractivity (Wildman–Crippen MR) is 118 cm³/mol. The molecule has 0 bridgehead atoms. The number of cyclic esters (lactones) is 1. The van der Waals surface area contributed by atoms with Gasteiger partial charge in [-0.15, -0.1) is 0 Å². The fourth-order valence-corrected chi connectivity index (χ4v) is 6.83.